The van der Waals surface area contributed by atoms with Crippen LogP contribution in [0.4, 0.5) is 4.39 Å². The van der Waals surface area contributed by atoms with Crippen LogP contribution in [0.2, 0.25) is 0 Å². The summed E-state index contributed by atoms with van der Waals surface area (Å²) < 4.78 is 11.8. The lowest BCUT2D eigenvalue weighted by atomic mass is 10.5. The lowest BCUT2D eigenvalue weighted by Crippen LogP contribution is -1.71. The van der Waals surface area contributed by atoms with Crippen molar-refractivity contribution >= 4 is 0 Å². The van der Waals surface area contributed by atoms with Crippen LogP contribution in [-0.4, -0.2) is 4.98 Å². The zero-order valence-corrected chi connectivity index (χ0v) is 3.56. The van der Waals surface area contributed by atoms with Gasteiger partial charge in [-0.15, -0.1) is 0 Å². The maximum absolute atomic E-state index is 11.8. The molecule has 1 aromatic rings. The Morgan fingerprint density at radius 1 is 1.71 bits per heavy atom. The van der Waals surface area contributed by atoms with E-state index in [2.05, 4.69) is 11.1 Å². The molecule has 0 fully saturated rings. The molecule has 0 N–H and O–H groups in total. The molecular formula is C5H3FN. The molecule has 0 amide bonds. The van der Waals surface area contributed by atoms with Crippen LogP contribution in [0.3, 0.4) is 0 Å². The zero-order valence-electron chi connectivity index (χ0n) is 3.56. The van der Waals surface area contributed by atoms with E-state index in [1.54, 1.807) is 0 Å². The van der Waals surface area contributed by atoms with Crippen molar-refractivity contribution in [1.82, 2.24) is 4.98 Å². The molecule has 1 heterocycles. The summed E-state index contributed by atoms with van der Waals surface area (Å²) in [6.45, 7) is 0. The van der Waals surface area contributed by atoms with Crippen LogP contribution in [-0.2, 0) is 0 Å². The Hall–Kier alpha value is -0.920. The van der Waals surface area contributed by atoms with Crippen molar-refractivity contribution in [3.8, 4) is 0 Å². The molecule has 2 heteroatoms. The Labute approximate surface area is 40.8 Å². The fourth-order valence-corrected chi connectivity index (χ4v) is 0.306. The summed E-state index contributed by atoms with van der Waals surface area (Å²) in [4.78, 5) is 3.45. The van der Waals surface area contributed by atoms with Crippen molar-refractivity contribution in [2.24, 2.45) is 0 Å². The van der Waals surface area contributed by atoms with Gasteiger partial charge in [0.2, 0.25) is 0 Å². The van der Waals surface area contributed by atoms with Crippen molar-refractivity contribution in [2.75, 3.05) is 0 Å². The number of nitrogens with zero attached hydrogens (tertiary/aromatic N) is 1. The van der Waals surface area contributed by atoms with Gasteiger partial charge in [-0.3, -0.25) is 4.98 Å². The van der Waals surface area contributed by atoms with Crippen molar-refractivity contribution in [2.45, 2.75) is 0 Å². The first-order chi connectivity index (χ1) is 3.39. The lowest BCUT2D eigenvalue weighted by Gasteiger charge is -1.77. The van der Waals surface area contributed by atoms with Gasteiger partial charge in [0.05, 0.1) is 6.20 Å². The van der Waals surface area contributed by atoms with Crippen LogP contribution in [0.5, 0.6) is 0 Å². The van der Waals surface area contributed by atoms with Gasteiger partial charge in [0.1, 0.15) is 5.82 Å². The Bertz CT molecular complexity index is 138. The lowest BCUT2D eigenvalue weighted by molar-refractivity contribution is 0.621. The molecule has 0 atom stereocenters. The molecule has 0 aromatic carbocycles. The third kappa shape index (κ3) is 0.961. The van der Waals surface area contributed by atoms with Gasteiger partial charge >= 0.3 is 0 Å². The molecule has 1 aromatic heterocycles. The molecule has 1 radical (unpaired) electrons. The summed E-state index contributed by atoms with van der Waals surface area (Å²) >= 11 is 0. The number of halogens is 1. The highest BCUT2D eigenvalue weighted by Crippen LogP contribution is 1.87. The van der Waals surface area contributed by atoms with Crippen LogP contribution in [0.25, 0.3) is 0 Å². The van der Waals surface area contributed by atoms with Crippen LogP contribution >= 0.6 is 0 Å². The second kappa shape index (κ2) is 1.69. The van der Waals surface area contributed by atoms with Gasteiger partial charge in [-0.05, 0) is 6.07 Å². The van der Waals surface area contributed by atoms with Gasteiger partial charge in [-0.25, -0.2) is 4.39 Å². The van der Waals surface area contributed by atoms with E-state index in [0.29, 0.717) is 0 Å². The topological polar surface area (TPSA) is 12.9 Å². The average molecular weight is 96.1 g/mol. The molecule has 0 aliphatic rings. The molecule has 0 saturated heterocycles. The van der Waals surface area contributed by atoms with Gasteiger partial charge in [0, 0.05) is 12.3 Å². The van der Waals surface area contributed by atoms with Gasteiger partial charge in [-0.1, -0.05) is 0 Å². The first-order valence-corrected chi connectivity index (χ1v) is 1.86. The third-order valence-corrected chi connectivity index (χ3v) is 0.568. The van der Waals surface area contributed by atoms with E-state index in [-0.39, 0.29) is 5.82 Å². The van der Waals surface area contributed by atoms with Gasteiger partial charge < -0.3 is 0 Å². The van der Waals surface area contributed by atoms with Crippen molar-refractivity contribution < 1.29 is 4.39 Å². The Morgan fingerprint density at radius 2 is 2.57 bits per heavy atom. The molecule has 0 spiro atoms. The molecule has 1 rings (SSSR count). The quantitative estimate of drug-likeness (QED) is 0.470. The Kier molecular flexibility index (Phi) is 1.02. The predicted octanol–water partition coefficient (Wildman–Crippen LogP) is 1.02. The minimum absolute atomic E-state index is 0.345. The van der Waals surface area contributed by atoms with E-state index < -0.39 is 0 Å². The summed E-state index contributed by atoms with van der Waals surface area (Å²) in [5.74, 6) is -0.345. The number of rotatable bonds is 0. The van der Waals surface area contributed by atoms with Crippen LogP contribution in [0.15, 0.2) is 18.5 Å². The highest BCUT2D eigenvalue weighted by molar-refractivity contribution is 4.90. The van der Waals surface area contributed by atoms with Crippen LogP contribution in [0, 0.1) is 11.9 Å². The van der Waals surface area contributed by atoms with Gasteiger partial charge in [-0.2, -0.15) is 0 Å². The molecule has 0 saturated carbocycles. The molecule has 7 heavy (non-hydrogen) atoms. The maximum atomic E-state index is 11.8. The monoisotopic (exact) mass is 96.0 g/mol. The highest BCUT2D eigenvalue weighted by Gasteiger charge is 1.79. The summed E-state index contributed by atoms with van der Waals surface area (Å²) in [5, 5.41) is 0. The molecule has 1 nitrogen and oxygen atoms in total. The third-order valence-electron chi connectivity index (χ3n) is 0.568. The van der Waals surface area contributed by atoms with E-state index in [1.807, 2.05) is 0 Å². The number of hydrogen-bond acceptors (Lipinski definition) is 1. The van der Waals surface area contributed by atoms with Crippen LogP contribution < -0.4 is 0 Å². The fourth-order valence-electron chi connectivity index (χ4n) is 0.306. The van der Waals surface area contributed by atoms with Gasteiger partial charge in [0.25, 0.3) is 0 Å². The summed E-state index contributed by atoms with van der Waals surface area (Å²) in [6.07, 6.45) is 2.54. The summed E-state index contributed by atoms with van der Waals surface area (Å²) in [7, 11) is 0. The SMILES string of the molecule is Fc1c[c]cnc1. The summed E-state index contributed by atoms with van der Waals surface area (Å²) in [5.41, 5.74) is 0. The van der Waals surface area contributed by atoms with E-state index in [0.717, 1.165) is 6.20 Å². The highest BCUT2D eigenvalue weighted by atomic mass is 19.1. The maximum Gasteiger partial charge on any atom is 0.142 e. The summed E-state index contributed by atoms with van der Waals surface area (Å²) in [6, 6.07) is 3.70. The molecule has 0 aliphatic heterocycles. The molecule has 35 valence electrons. The van der Waals surface area contributed by atoms with E-state index in [9.17, 15) is 4.39 Å². The Morgan fingerprint density at radius 3 is 2.86 bits per heavy atom. The second-order valence-corrected chi connectivity index (χ2v) is 1.10. The first-order valence-electron chi connectivity index (χ1n) is 1.86. The molecule has 0 bridgehead atoms. The molecule has 0 unspecified atom stereocenters. The second-order valence-electron chi connectivity index (χ2n) is 1.10. The zero-order chi connectivity index (χ0) is 5.11. The van der Waals surface area contributed by atoms with Crippen molar-refractivity contribution in [1.29, 1.82) is 0 Å². The Balaban J connectivity index is 3.02. The van der Waals surface area contributed by atoms with E-state index in [1.165, 1.54) is 12.3 Å². The standard InChI is InChI=1S/C5H3FN/c6-5-2-1-3-7-4-5/h2-4H. The molecular weight excluding hydrogens is 93.1 g/mol. The molecule has 0 aliphatic carbocycles. The first kappa shape index (κ1) is 4.24. The smallest absolute Gasteiger partial charge is 0.142 e. The predicted molar refractivity (Wildman–Crippen MR) is 23.0 cm³/mol. The fraction of sp³-hybridized carbons (Fsp3) is 0. The van der Waals surface area contributed by atoms with E-state index >= 15 is 0 Å². The van der Waals surface area contributed by atoms with E-state index in [4.69, 9.17) is 0 Å². The number of hydrogen-bond donors (Lipinski definition) is 0. The van der Waals surface area contributed by atoms with Crippen molar-refractivity contribution in [3.63, 3.8) is 0 Å². The van der Waals surface area contributed by atoms with Crippen molar-refractivity contribution in [3.05, 3.63) is 30.3 Å². The largest absolute Gasteiger partial charge is 0.261 e. The minimum Gasteiger partial charge on any atom is -0.261 e. The van der Waals surface area contributed by atoms with Gasteiger partial charge in [0.15, 0.2) is 0 Å². The minimum atomic E-state index is -0.345. The normalized spacial score (nSPS) is 8.71. The number of aromatic nitrogens is 1. The van der Waals surface area contributed by atoms with Crippen LogP contribution in [0.1, 0.15) is 0 Å². The average Bonchev–Trinajstić information content (AvgIpc) is 1.69. The number of pyridine rings is 1.